The van der Waals surface area contributed by atoms with Crippen molar-refractivity contribution in [2.24, 2.45) is 0 Å². The highest BCUT2D eigenvalue weighted by Crippen LogP contribution is 2.35. The molecule has 0 spiro atoms. The van der Waals surface area contributed by atoms with Gasteiger partial charge in [0.2, 0.25) is 0 Å². The Kier molecular flexibility index (Phi) is 4.67. The van der Waals surface area contributed by atoms with Crippen LogP contribution in [0.15, 0.2) is 42.5 Å². The highest BCUT2D eigenvalue weighted by atomic mass is 16.5. The quantitative estimate of drug-likeness (QED) is 0.935. The molecule has 4 heteroatoms. The monoisotopic (exact) mass is 325 g/mol. The van der Waals surface area contributed by atoms with Crippen LogP contribution in [0.25, 0.3) is 11.1 Å². The molecule has 1 atom stereocenters. The molecule has 2 aliphatic heterocycles. The van der Waals surface area contributed by atoms with Crippen LogP contribution in [0.1, 0.15) is 18.4 Å². The zero-order valence-electron chi connectivity index (χ0n) is 13.8. The van der Waals surface area contributed by atoms with Crippen LogP contribution >= 0.6 is 0 Å². The summed E-state index contributed by atoms with van der Waals surface area (Å²) < 4.78 is 17.6. The molecule has 2 aromatic rings. The lowest BCUT2D eigenvalue weighted by Gasteiger charge is -2.15. The molecular weight excluding hydrogens is 302 g/mol. The maximum Gasteiger partial charge on any atom is 0.161 e. The van der Waals surface area contributed by atoms with Crippen LogP contribution < -0.4 is 14.8 Å². The summed E-state index contributed by atoms with van der Waals surface area (Å²) in [6.45, 7) is 4.06. The van der Waals surface area contributed by atoms with Gasteiger partial charge in [-0.3, -0.25) is 0 Å². The van der Waals surface area contributed by atoms with Gasteiger partial charge in [0.1, 0.15) is 0 Å². The number of rotatable bonds is 4. The number of hydrogen-bond acceptors (Lipinski definition) is 4. The lowest BCUT2D eigenvalue weighted by atomic mass is 9.99. The first kappa shape index (κ1) is 15.5. The molecule has 1 unspecified atom stereocenters. The van der Waals surface area contributed by atoms with Crippen molar-refractivity contribution >= 4 is 0 Å². The van der Waals surface area contributed by atoms with Crippen molar-refractivity contribution in [3.8, 4) is 22.6 Å². The fraction of sp³-hybridized carbons (Fsp3) is 0.400. The van der Waals surface area contributed by atoms with Crippen LogP contribution in [0.4, 0.5) is 0 Å². The summed E-state index contributed by atoms with van der Waals surface area (Å²) in [5.74, 6) is 1.67. The van der Waals surface area contributed by atoms with Crippen molar-refractivity contribution in [1.82, 2.24) is 5.32 Å². The second-order valence-electron chi connectivity index (χ2n) is 6.29. The third-order valence-corrected chi connectivity index (χ3v) is 4.57. The molecule has 0 saturated carbocycles. The molecule has 2 heterocycles. The van der Waals surface area contributed by atoms with Gasteiger partial charge in [-0.25, -0.2) is 0 Å². The Morgan fingerprint density at radius 1 is 1.04 bits per heavy atom. The fourth-order valence-corrected chi connectivity index (χ4v) is 3.24. The van der Waals surface area contributed by atoms with Gasteiger partial charge in [-0.1, -0.05) is 30.3 Å². The molecule has 126 valence electrons. The Bertz CT molecular complexity index is 695. The summed E-state index contributed by atoms with van der Waals surface area (Å²) >= 11 is 0. The van der Waals surface area contributed by atoms with Crippen molar-refractivity contribution in [2.75, 3.05) is 26.3 Å². The van der Waals surface area contributed by atoms with Gasteiger partial charge in [0.15, 0.2) is 11.5 Å². The van der Waals surface area contributed by atoms with Gasteiger partial charge in [-0.05, 0) is 41.8 Å². The molecule has 1 N–H and O–H groups in total. The molecule has 0 amide bonds. The first-order valence-electron chi connectivity index (χ1n) is 8.70. The van der Waals surface area contributed by atoms with Crippen LogP contribution in [0, 0.1) is 0 Å². The average Bonchev–Trinajstić information content (AvgIpc) is 3.04. The van der Waals surface area contributed by atoms with E-state index in [1.165, 1.54) is 11.1 Å². The lowest BCUT2D eigenvalue weighted by molar-refractivity contribution is 0.0545. The Hall–Kier alpha value is -2.04. The normalized spacial score (nSPS) is 19.9. The Balaban J connectivity index is 1.58. The summed E-state index contributed by atoms with van der Waals surface area (Å²) in [6.07, 6.45) is 2.33. The maximum absolute atomic E-state index is 6.07. The van der Waals surface area contributed by atoms with E-state index in [0.717, 1.165) is 43.0 Å². The highest BCUT2D eigenvalue weighted by molar-refractivity contribution is 5.70. The molecule has 24 heavy (non-hydrogen) atoms. The summed E-state index contributed by atoms with van der Waals surface area (Å²) in [7, 11) is 0. The van der Waals surface area contributed by atoms with Gasteiger partial charge in [-0.15, -0.1) is 0 Å². The van der Waals surface area contributed by atoms with Crippen molar-refractivity contribution in [3.05, 3.63) is 48.0 Å². The predicted molar refractivity (Wildman–Crippen MR) is 93.5 cm³/mol. The first-order chi connectivity index (χ1) is 11.9. The Morgan fingerprint density at radius 2 is 1.92 bits per heavy atom. The van der Waals surface area contributed by atoms with Crippen LogP contribution in [0.3, 0.4) is 0 Å². The third kappa shape index (κ3) is 3.40. The third-order valence-electron chi connectivity index (χ3n) is 4.57. The predicted octanol–water partition coefficient (Wildman–Crippen LogP) is 3.39. The zero-order chi connectivity index (χ0) is 16.2. The van der Waals surface area contributed by atoms with Crippen molar-refractivity contribution in [2.45, 2.75) is 25.6 Å². The Morgan fingerprint density at radius 3 is 2.79 bits per heavy atom. The summed E-state index contributed by atoms with van der Waals surface area (Å²) in [5.41, 5.74) is 3.54. The van der Waals surface area contributed by atoms with Crippen LogP contribution in [0.5, 0.6) is 11.5 Å². The van der Waals surface area contributed by atoms with Gasteiger partial charge >= 0.3 is 0 Å². The summed E-state index contributed by atoms with van der Waals surface area (Å²) in [4.78, 5) is 0. The van der Waals surface area contributed by atoms with Crippen LogP contribution in [-0.4, -0.2) is 32.4 Å². The molecule has 4 nitrogen and oxygen atoms in total. The number of hydrogen-bond donors (Lipinski definition) is 1. The molecule has 0 bridgehead atoms. The zero-order valence-corrected chi connectivity index (χ0v) is 13.8. The highest BCUT2D eigenvalue weighted by Gasteiger charge is 2.16. The molecule has 2 aromatic carbocycles. The maximum atomic E-state index is 6.07. The second-order valence-corrected chi connectivity index (χ2v) is 6.29. The van der Waals surface area contributed by atoms with Gasteiger partial charge < -0.3 is 19.5 Å². The number of fused-ring (bicyclic) bond motifs is 1. The molecule has 1 fully saturated rings. The van der Waals surface area contributed by atoms with Crippen LogP contribution in [-0.2, 0) is 11.3 Å². The molecule has 2 aliphatic rings. The van der Waals surface area contributed by atoms with E-state index in [9.17, 15) is 0 Å². The average molecular weight is 325 g/mol. The first-order valence-corrected chi connectivity index (χ1v) is 8.70. The van der Waals surface area contributed by atoms with Crippen molar-refractivity contribution < 1.29 is 14.2 Å². The minimum absolute atomic E-state index is 0.321. The molecule has 0 aliphatic carbocycles. The molecule has 0 radical (unpaired) electrons. The largest absolute Gasteiger partial charge is 0.490 e. The second kappa shape index (κ2) is 7.24. The van der Waals surface area contributed by atoms with E-state index in [2.05, 4.69) is 41.7 Å². The van der Waals surface area contributed by atoms with E-state index < -0.39 is 0 Å². The fourth-order valence-electron chi connectivity index (χ4n) is 3.24. The number of nitrogens with one attached hydrogen (secondary N) is 1. The summed E-state index contributed by atoms with van der Waals surface area (Å²) in [5, 5.41) is 3.34. The van der Waals surface area contributed by atoms with Gasteiger partial charge in [-0.2, -0.15) is 0 Å². The van der Waals surface area contributed by atoms with E-state index in [1.807, 2.05) is 6.07 Å². The van der Waals surface area contributed by atoms with E-state index in [1.54, 1.807) is 0 Å². The van der Waals surface area contributed by atoms with Crippen molar-refractivity contribution in [3.63, 3.8) is 0 Å². The number of ether oxygens (including phenoxy) is 3. The van der Waals surface area contributed by atoms with E-state index >= 15 is 0 Å². The minimum Gasteiger partial charge on any atom is -0.490 e. The van der Waals surface area contributed by atoms with Gasteiger partial charge in [0.25, 0.3) is 0 Å². The molecule has 1 saturated heterocycles. The van der Waals surface area contributed by atoms with E-state index in [0.29, 0.717) is 25.9 Å². The number of benzene rings is 2. The van der Waals surface area contributed by atoms with Gasteiger partial charge in [0, 0.05) is 13.0 Å². The topological polar surface area (TPSA) is 39.7 Å². The minimum atomic E-state index is 0.321. The smallest absolute Gasteiger partial charge is 0.161 e. The SMILES string of the molecule is c1ccc(-c2ccc3c(c2)OCCCO3)c(COC2CCNC2)c1. The molecule has 4 rings (SSSR count). The Labute approximate surface area is 142 Å². The molecular formula is C20H23NO3. The standard InChI is InChI=1S/C20H23NO3/c1-2-5-18(16(4-1)14-24-17-8-9-21-13-17)15-6-7-19-20(12-15)23-11-3-10-22-19/h1-2,4-7,12,17,21H,3,8-11,13-14H2. The molecule has 0 aromatic heterocycles. The van der Waals surface area contributed by atoms with Gasteiger partial charge in [0.05, 0.1) is 25.9 Å². The summed E-state index contributed by atoms with van der Waals surface area (Å²) in [6, 6.07) is 14.6. The van der Waals surface area contributed by atoms with Crippen LogP contribution in [0.2, 0.25) is 0 Å². The van der Waals surface area contributed by atoms with E-state index in [-0.39, 0.29) is 0 Å². The van der Waals surface area contributed by atoms with E-state index in [4.69, 9.17) is 14.2 Å². The lowest BCUT2D eigenvalue weighted by Crippen LogP contribution is -2.16. The van der Waals surface area contributed by atoms with Crippen molar-refractivity contribution in [1.29, 1.82) is 0 Å².